The molecule has 0 aromatic heterocycles. The first-order chi connectivity index (χ1) is 4.50. The van der Waals surface area contributed by atoms with Crippen molar-refractivity contribution < 1.29 is 0 Å². The van der Waals surface area contributed by atoms with E-state index in [0.717, 1.165) is 0 Å². The predicted octanol–water partition coefficient (Wildman–Crippen LogP) is 3.10. The van der Waals surface area contributed by atoms with Crippen molar-refractivity contribution in [1.82, 2.24) is 0 Å². The maximum atomic E-state index is 3.76. The molecule has 0 bridgehead atoms. The van der Waals surface area contributed by atoms with Gasteiger partial charge in [-0.1, -0.05) is 38.3 Å². The second-order valence-corrected chi connectivity index (χ2v) is 17.0. The van der Waals surface area contributed by atoms with E-state index >= 15 is 0 Å². The summed E-state index contributed by atoms with van der Waals surface area (Å²) in [5, 5.41) is 0. The molecular formula is C8H19Si2. The Balaban J connectivity index is 3.74. The van der Waals surface area contributed by atoms with Crippen molar-refractivity contribution in [3.8, 4) is 0 Å². The monoisotopic (exact) mass is 171 g/mol. The second kappa shape index (κ2) is 4.14. The van der Waals surface area contributed by atoms with Gasteiger partial charge in [-0.3, -0.25) is 0 Å². The van der Waals surface area contributed by atoms with Gasteiger partial charge >= 0.3 is 0 Å². The zero-order valence-electron chi connectivity index (χ0n) is 7.70. The van der Waals surface area contributed by atoms with Crippen LogP contribution in [0.2, 0.25) is 32.2 Å². The molecule has 0 aliphatic carbocycles. The van der Waals surface area contributed by atoms with Crippen LogP contribution in [0.3, 0.4) is 0 Å². The van der Waals surface area contributed by atoms with Gasteiger partial charge in [0.05, 0.1) is 0 Å². The van der Waals surface area contributed by atoms with Crippen LogP contribution in [0.25, 0.3) is 0 Å². The molecule has 0 aromatic rings. The van der Waals surface area contributed by atoms with Gasteiger partial charge < -0.3 is 0 Å². The van der Waals surface area contributed by atoms with Crippen molar-refractivity contribution >= 4 is 15.9 Å². The van der Waals surface area contributed by atoms with E-state index in [0.29, 0.717) is 0 Å². The Bertz CT molecular complexity index is 106. The molecule has 0 amide bonds. The standard InChI is InChI=1S/C8H19Si2/c1-6-7-8-10(4,5)9(2)3/h6H,1,7-8H2,2-5H3. The highest BCUT2D eigenvalue weighted by Crippen LogP contribution is 2.15. The van der Waals surface area contributed by atoms with Gasteiger partial charge in [0.25, 0.3) is 0 Å². The fraction of sp³-hybridized carbons (Fsp3) is 0.750. The van der Waals surface area contributed by atoms with Crippen LogP contribution < -0.4 is 0 Å². The van der Waals surface area contributed by atoms with E-state index in [9.17, 15) is 0 Å². The van der Waals surface area contributed by atoms with Crippen molar-refractivity contribution in [2.75, 3.05) is 0 Å². The minimum absolute atomic E-state index is 0.00783. The van der Waals surface area contributed by atoms with Gasteiger partial charge in [-0.25, -0.2) is 0 Å². The average Bonchev–Trinajstić information content (AvgIpc) is 1.84. The Labute approximate surface area is 67.8 Å². The molecule has 0 rings (SSSR count). The Morgan fingerprint density at radius 2 is 1.90 bits per heavy atom. The van der Waals surface area contributed by atoms with Crippen LogP contribution in [0.5, 0.6) is 0 Å². The molecule has 0 atom stereocenters. The van der Waals surface area contributed by atoms with E-state index in [2.05, 4.69) is 38.8 Å². The van der Waals surface area contributed by atoms with E-state index in [1.54, 1.807) is 0 Å². The Hall–Kier alpha value is 0.174. The maximum absolute atomic E-state index is 3.76. The molecule has 0 N–H and O–H groups in total. The second-order valence-electron chi connectivity index (χ2n) is 3.71. The molecule has 1 radical (unpaired) electrons. The lowest BCUT2D eigenvalue weighted by molar-refractivity contribution is 1.18. The molecule has 0 nitrogen and oxygen atoms in total. The van der Waals surface area contributed by atoms with Gasteiger partial charge in [0.2, 0.25) is 0 Å². The lowest BCUT2D eigenvalue weighted by atomic mass is 10.5. The van der Waals surface area contributed by atoms with Crippen molar-refractivity contribution in [3.63, 3.8) is 0 Å². The molecule has 10 heavy (non-hydrogen) atoms. The topological polar surface area (TPSA) is 0 Å². The van der Waals surface area contributed by atoms with Crippen molar-refractivity contribution in [1.29, 1.82) is 0 Å². The van der Waals surface area contributed by atoms with Crippen LogP contribution in [0.4, 0.5) is 0 Å². The summed E-state index contributed by atoms with van der Waals surface area (Å²) in [7, 11) is -0.763. The van der Waals surface area contributed by atoms with Crippen LogP contribution >= 0.6 is 0 Å². The summed E-state index contributed by atoms with van der Waals surface area (Å²) in [5.41, 5.74) is 0. The molecule has 0 aliphatic heterocycles. The van der Waals surface area contributed by atoms with Gasteiger partial charge in [0, 0.05) is 15.9 Å². The summed E-state index contributed by atoms with van der Waals surface area (Å²) >= 11 is 0. The Kier molecular flexibility index (Phi) is 4.21. The van der Waals surface area contributed by atoms with Gasteiger partial charge in [-0.15, -0.1) is 6.58 Å². The third kappa shape index (κ3) is 3.37. The molecule has 0 fully saturated rings. The van der Waals surface area contributed by atoms with Crippen molar-refractivity contribution in [3.05, 3.63) is 12.7 Å². The SMILES string of the molecule is C=CCC[Si](C)(C)[Si](C)C. The molecule has 0 heterocycles. The van der Waals surface area contributed by atoms with Gasteiger partial charge in [-0.05, 0) is 6.42 Å². The highest BCUT2D eigenvalue weighted by atomic mass is 29.2. The van der Waals surface area contributed by atoms with E-state index in [-0.39, 0.29) is 8.31 Å². The average molecular weight is 171 g/mol. The molecule has 0 aliphatic rings. The third-order valence-corrected chi connectivity index (χ3v) is 15.4. The van der Waals surface area contributed by atoms with Crippen LogP contribution in [0.1, 0.15) is 6.42 Å². The Morgan fingerprint density at radius 3 is 2.20 bits per heavy atom. The van der Waals surface area contributed by atoms with E-state index < -0.39 is 7.59 Å². The fourth-order valence-electron chi connectivity index (χ4n) is 0.713. The first-order valence-corrected chi connectivity index (χ1v) is 10.6. The molecule has 0 saturated carbocycles. The highest BCUT2D eigenvalue weighted by molar-refractivity contribution is 7.31. The largest absolute Gasteiger partial charge is 0.103 e. The van der Waals surface area contributed by atoms with Crippen LogP contribution in [0, 0.1) is 0 Å². The fourth-order valence-corrected chi connectivity index (χ4v) is 4.07. The first-order valence-electron chi connectivity index (χ1n) is 3.92. The van der Waals surface area contributed by atoms with E-state index in [1.807, 2.05) is 0 Å². The molecule has 0 saturated heterocycles. The summed E-state index contributed by atoms with van der Waals surface area (Å²) in [6.45, 7) is 13.7. The zero-order chi connectivity index (χ0) is 8.20. The third-order valence-electron chi connectivity index (χ3n) is 2.33. The summed E-state index contributed by atoms with van der Waals surface area (Å²) in [6.07, 6.45) is 3.29. The normalized spacial score (nSPS) is 12.1. The van der Waals surface area contributed by atoms with Gasteiger partial charge in [0.15, 0.2) is 0 Å². The Morgan fingerprint density at radius 1 is 1.40 bits per heavy atom. The van der Waals surface area contributed by atoms with Gasteiger partial charge in [-0.2, -0.15) is 0 Å². The van der Waals surface area contributed by atoms with Crippen molar-refractivity contribution in [2.24, 2.45) is 0 Å². The van der Waals surface area contributed by atoms with E-state index in [4.69, 9.17) is 0 Å². The van der Waals surface area contributed by atoms with Crippen LogP contribution in [-0.4, -0.2) is 15.9 Å². The van der Waals surface area contributed by atoms with Crippen LogP contribution in [0.15, 0.2) is 12.7 Å². The van der Waals surface area contributed by atoms with E-state index in [1.165, 1.54) is 12.5 Å². The molecule has 0 spiro atoms. The molecule has 0 unspecified atom stereocenters. The lowest BCUT2D eigenvalue weighted by Crippen LogP contribution is -2.40. The van der Waals surface area contributed by atoms with Crippen molar-refractivity contribution in [2.45, 2.75) is 38.7 Å². The highest BCUT2D eigenvalue weighted by Gasteiger charge is 2.24. The minimum Gasteiger partial charge on any atom is -0.103 e. The van der Waals surface area contributed by atoms with Crippen LogP contribution in [-0.2, 0) is 0 Å². The quantitative estimate of drug-likeness (QED) is 0.450. The summed E-state index contributed by atoms with van der Waals surface area (Å²) in [5.74, 6) is 0. The maximum Gasteiger partial charge on any atom is 0.0387 e. The molecule has 59 valence electrons. The summed E-state index contributed by atoms with van der Waals surface area (Å²) in [6, 6.07) is 1.44. The number of hydrogen-bond donors (Lipinski definition) is 0. The molecular weight excluding hydrogens is 152 g/mol. The number of allylic oxidation sites excluding steroid dienone is 1. The zero-order valence-corrected chi connectivity index (χ0v) is 9.70. The predicted molar refractivity (Wildman–Crippen MR) is 54.6 cm³/mol. The molecule has 2 heteroatoms. The molecule has 0 aromatic carbocycles. The smallest absolute Gasteiger partial charge is 0.0387 e. The minimum atomic E-state index is -0.771. The number of hydrogen-bond acceptors (Lipinski definition) is 0. The number of rotatable bonds is 4. The summed E-state index contributed by atoms with van der Waals surface area (Å²) in [4.78, 5) is 0. The lowest BCUT2D eigenvalue weighted by Gasteiger charge is -2.24. The van der Waals surface area contributed by atoms with Gasteiger partial charge in [0.1, 0.15) is 0 Å². The summed E-state index contributed by atoms with van der Waals surface area (Å²) < 4.78 is 0. The first kappa shape index (κ1) is 10.2.